The fraction of sp³-hybridized carbons (Fsp3) is 0.333. The van der Waals surface area contributed by atoms with Crippen LogP contribution >= 0.6 is 11.8 Å². The van der Waals surface area contributed by atoms with Crippen LogP contribution in [0.4, 0.5) is 10.1 Å². The Bertz CT molecular complexity index is 740. The number of rotatable bonds is 6. The summed E-state index contributed by atoms with van der Waals surface area (Å²) in [7, 11) is 1.81. The Labute approximate surface area is 137 Å². The largest absolute Gasteiger partial charge is 0.309 e. The van der Waals surface area contributed by atoms with Crippen LogP contribution < -0.4 is 4.90 Å². The van der Waals surface area contributed by atoms with Crippen molar-refractivity contribution in [3.63, 3.8) is 0 Å². The van der Waals surface area contributed by atoms with E-state index in [2.05, 4.69) is 10.2 Å². The zero-order valence-corrected chi connectivity index (χ0v) is 13.7. The van der Waals surface area contributed by atoms with E-state index in [4.69, 9.17) is 5.26 Å². The number of nitrogens with zero attached hydrogens (tertiary/aromatic N) is 5. The molecule has 23 heavy (non-hydrogen) atoms. The second kappa shape index (κ2) is 7.74. The van der Waals surface area contributed by atoms with Crippen molar-refractivity contribution in [2.24, 2.45) is 7.05 Å². The molecule has 8 heteroatoms. The van der Waals surface area contributed by atoms with Gasteiger partial charge in [-0.2, -0.15) is 5.26 Å². The second-order valence-corrected chi connectivity index (χ2v) is 5.72. The Balaban J connectivity index is 2.12. The van der Waals surface area contributed by atoms with E-state index in [9.17, 15) is 9.18 Å². The number of carbonyl (C=O) groups excluding carboxylic acids is 1. The van der Waals surface area contributed by atoms with Gasteiger partial charge in [-0.1, -0.05) is 23.9 Å². The molecule has 0 aliphatic carbocycles. The van der Waals surface area contributed by atoms with E-state index in [1.54, 1.807) is 16.7 Å². The molecule has 1 amide bonds. The van der Waals surface area contributed by atoms with E-state index in [0.29, 0.717) is 5.16 Å². The van der Waals surface area contributed by atoms with Gasteiger partial charge >= 0.3 is 0 Å². The summed E-state index contributed by atoms with van der Waals surface area (Å²) in [6, 6.07) is 8.02. The number of hydrogen-bond donors (Lipinski definition) is 0. The fourth-order valence-corrected chi connectivity index (χ4v) is 2.76. The van der Waals surface area contributed by atoms with Crippen LogP contribution in [0.5, 0.6) is 0 Å². The molecule has 120 valence electrons. The first-order valence-electron chi connectivity index (χ1n) is 6.95. The van der Waals surface area contributed by atoms with Crippen molar-refractivity contribution in [1.82, 2.24) is 14.8 Å². The number of thioether (sulfide) groups is 1. The molecule has 0 saturated carbocycles. The van der Waals surface area contributed by atoms with E-state index in [1.165, 1.54) is 28.8 Å². The third-order valence-corrected chi connectivity index (χ3v) is 4.27. The van der Waals surface area contributed by atoms with Crippen molar-refractivity contribution in [2.75, 3.05) is 17.2 Å². The number of aryl methyl sites for hydroxylation is 1. The van der Waals surface area contributed by atoms with Gasteiger partial charge < -0.3 is 9.47 Å². The van der Waals surface area contributed by atoms with Gasteiger partial charge in [0.1, 0.15) is 11.6 Å². The molecule has 0 saturated heterocycles. The monoisotopic (exact) mass is 333 g/mol. The molecule has 2 aromatic rings. The van der Waals surface area contributed by atoms with Crippen LogP contribution in [0.2, 0.25) is 0 Å². The highest BCUT2D eigenvalue weighted by molar-refractivity contribution is 7.99. The predicted octanol–water partition coefficient (Wildman–Crippen LogP) is 2.30. The number of para-hydroxylation sites is 1. The van der Waals surface area contributed by atoms with Crippen LogP contribution in [-0.4, -0.2) is 33.0 Å². The summed E-state index contributed by atoms with van der Waals surface area (Å²) >= 11 is 1.23. The molecular weight excluding hydrogens is 317 g/mol. The number of benzene rings is 1. The molecule has 0 radical (unpaired) electrons. The number of amides is 1. The molecule has 0 atom stereocenters. The van der Waals surface area contributed by atoms with Crippen LogP contribution in [0, 0.1) is 24.1 Å². The van der Waals surface area contributed by atoms with Gasteiger partial charge in [0.15, 0.2) is 5.16 Å². The lowest BCUT2D eigenvalue weighted by Gasteiger charge is -2.22. The molecule has 1 heterocycles. The van der Waals surface area contributed by atoms with Crippen molar-refractivity contribution in [1.29, 1.82) is 5.26 Å². The van der Waals surface area contributed by atoms with Crippen molar-refractivity contribution in [2.45, 2.75) is 18.5 Å². The minimum atomic E-state index is -0.488. The van der Waals surface area contributed by atoms with Crippen LogP contribution in [0.25, 0.3) is 0 Å². The zero-order valence-electron chi connectivity index (χ0n) is 12.9. The van der Waals surface area contributed by atoms with E-state index >= 15 is 0 Å². The van der Waals surface area contributed by atoms with E-state index in [0.717, 1.165) is 5.82 Å². The summed E-state index contributed by atoms with van der Waals surface area (Å²) < 4.78 is 15.7. The lowest BCUT2D eigenvalue weighted by molar-refractivity contribution is -0.116. The number of nitriles is 1. The maximum Gasteiger partial charge on any atom is 0.237 e. The highest BCUT2D eigenvalue weighted by Gasteiger charge is 2.19. The number of halogens is 1. The summed E-state index contributed by atoms with van der Waals surface area (Å²) in [5.74, 6) is 0.0656. The molecule has 0 aliphatic heterocycles. The average Bonchev–Trinajstić information content (AvgIpc) is 2.86. The topological polar surface area (TPSA) is 74.8 Å². The summed E-state index contributed by atoms with van der Waals surface area (Å²) in [5, 5.41) is 17.3. The minimum absolute atomic E-state index is 0.0890. The molecule has 1 aromatic heterocycles. The molecule has 0 aliphatic rings. The van der Waals surface area contributed by atoms with Crippen molar-refractivity contribution in [3.8, 4) is 6.07 Å². The molecule has 0 spiro atoms. The van der Waals surface area contributed by atoms with Gasteiger partial charge in [0.25, 0.3) is 0 Å². The lowest BCUT2D eigenvalue weighted by atomic mass is 10.2. The van der Waals surface area contributed by atoms with E-state index in [1.807, 2.05) is 20.0 Å². The first-order chi connectivity index (χ1) is 11.0. The van der Waals surface area contributed by atoms with E-state index in [-0.39, 0.29) is 30.3 Å². The first kappa shape index (κ1) is 17.0. The first-order valence-corrected chi connectivity index (χ1v) is 7.93. The number of aromatic nitrogens is 3. The molecule has 2 rings (SSSR count). The Hall–Kier alpha value is -2.40. The van der Waals surface area contributed by atoms with Crippen LogP contribution in [0.3, 0.4) is 0 Å². The SMILES string of the molecule is Cc1nnc(SCC(=O)N(CCC#N)c2ccccc2F)n1C. The van der Waals surface area contributed by atoms with Gasteiger partial charge in [0, 0.05) is 13.6 Å². The molecule has 1 aromatic carbocycles. The predicted molar refractivity (Wildman–Crippen MR) is 85.4 cm³/mol. The second-order valence-electron chi connectivity index (χ2n) is 4.78. The molecule has 0 bridgehead atoms. The van der Waals surface area contributed by atoms with Gasteiger partial charge in [0.2, 0.25) is 5.91 Å². The minimum Gasteiger partial charge on any atom is -0.309 e. The van der Waals surface area contributed by atoms with Gasteiger partial charge in [-0.3, -0.25) is 4.79 Å². The van der Waals surface area contributed by atoms with Gasteiger partial charge in [-0.25, -0.2) is 4.39 Å². The average molecular weight is 333 g/mol. The summed E-state index contributed by atoms with van der Waals surface area (Å²) in [6.07, 6.45) is 0.133. The quantitative estimate of drug-likeness (QED) is 0.758. The maximum absolute atomic E-state index is 13.9. The Morgan fingerprint density at radius 3 is 2.78 bits per heavy atom. The molecule has 0 N–H and O–H groups in total. The lowest BCUT2D eigenvalue weighted by Crippen LogP contribution is -2.34. The molecule has 0 fully saturated rings. The third kappa shape index (κ3) is 4.07. The summed E-state index contributed by atoms with van der Waals surface area (Å²) in [5.41, 5.74) is 0.183. The highest BCUT2D eigenvalue weighted by atomic mass is 32.2. The van der Waals surface area contributed by atoms with Gasteiger partial charge in [-0.15, -0.1) is 10.2 Å². The highest BCUT2D eigenvalue weighted by Crippen LogP contribution is 2.22. The van der Waals surface area contributed by atoms with Gasteiger partial charge in [-0.05, 0) is 19.1 Å². The van der Waals surface area contributed by atoms with Crippen LogP contribution in [0.1, 0.15) is 12.2 Å². The van der Waals surface area contributed by atoms with Crippen LogP contribution in [0.15, 0.2) is 29.4 Å². The Kier molecular flexibility index (Phi) is 5.71. The fourth-order valence-electron chi connectivity index (χ4n) is 1.93. The molecular formula is C15H16FN5OS. The zero-order chi connectivity index (χ0) is 16.8. The standard InChI is InChI=1S/C15H16FN5OS/c1-11-18-19-15(20(11)2)23-10-14(22)21(9-5-8-17)13-7-4-3-6-12(13)16/h3-4,6-7H,5,9-10H2,1-2H3. The Morgan fingerprint density at radius 1 is 1.43 bits per heavy atom. The number of anilines is 1. The summed E-state index contributed by atoms with van der Waals surface area (Å²) in [4.78, 5) is 13.8. The molecule has 6 nitrogen and oxygen atoms in total. The normalized spacial score (nSPS) is 10.3. The third-order valence-electron chi connectivity index (χ3n) is 3.27. The van der Waals surface area contributed by atoms with Crippen molar-refractivity contribution >= 4 is 23.4 Å². The number of hydrogen-bond acceptors (Lipinski definition) is 5. The van der Waals surface area contributed by atoms with Crippen molar-refractivity contribution < 1.29 is 9.18 Å². The van der Waals surface area contributed by atoms with E-state index < -0.39 is 5.82 Å². The smallest absolute Gasteiger partial charge is 0.237 e. The Morgan fingerprint density at radius 2 is 2.17 bits per heavy atom. The number of carbonyl (C=O) groups is 1. The summed E-state index contributed by atoms with van der Waals surface area (Å²) in [6.45, 7) is 1.96. The van der Waals surface area contributed by atoms with Gasteiger partial charge in [0.05, 0.1) is 23.9 Å². The van der Waals surface area contributed by atoms with Crippen LogP contribution in [-0.2, 0) is 11.8 Å². The maximum atomic E-state index is 13.9. The van der Waals surface area contributed by atoms with Crippen molar-refractivity contribution in [3.05, 3.63) is 35.9 Å². The molecule has 0 unspecified atom stereocenters.